The molecule has 0 aromatic carbocycles. The fourth-order valence-corrected chi connectivity index (χ4v) is 5.80. The van der Waals surface area contributed by atoms with E-state index < -0.39 is 0 Å². The maximum Gasteiger partial charge on any atom is 0.184 e. The zero-order valence-corrected chi connectivity index (χ0v) is 17.3. The summed E-state index contributed by atoms with van der Waals surface area (Å²) in [6, 6.07) is 1.16. The van der Waals surface area contributed by atoms with Crippen LogP contribution in [0.25, 0.3) is 0 Å². The summed E-state index contributed by atoms with van der Waals surface area (Å²) in [7, 11) is 3.98. The molecule has 0 unspecified atom stereocenters. The summed E-state index contributed by atoms with van der Waals surface area (Å²) in [5, 5.41) is 7.21. The molecular formula is C19H32N4S2. The molecule has 6 heteroatoms. The quantitative estimate of drug-likeness (QED) is 0.619. The molecule has 0 radical (unpaired) electrons. The van der Waals surface area contributed by atoms with Gasteiger partial charge < -0.3 is 9.88 Å². The van der Waals surface area contributed by atoms with E-state index in [1.165, 1.54) is 75.1 Å². The third-order valence-corrected chi connectivity index (χ3v) is 7.37. The molecule has 1 heterocycles. The van der Waals surface area contributed by atoms with Gasteiger partial charge in [0.05, 0.1) is 6.04 Å². The summed E-state index contributed by atoms with van der Waals surface area (Å²) in [6.07, 6.45) is 13.3. The van der Waals surface area contributed by atoms with Gasteiger partial charge in [-0.3, -0.25) is 9.98 Å². The summed E-state index contributed by atoms with van der Waals surface area (Å²) in [5.41, 5.74) is 1.33. The summed E-state index contributed by atoms with van der Waals surface area (Å²) in [5.74, 6) is 0.966. The molecule has 0 bridgehead atoms. The first-order chi connectivity index (χ1) is 12.3. The largest absolute Gasteiger partial charge is 0.362 e. The first kappa shape index (κ1) is 19.0. The van der Waals surface area contributed by atoms with Gasteiger partial charge in [-0.2, -0.15) is 0 Å². The number of thioether (sulfide) groups is 1. The molecule has 2 fully saturated rings. The number of aliphatic imine (C=N–C) groups is 1. The van der Waals surface area contributed by atoms with Crippen molar-refractivity contribution < 1.29 is 0 Å². The highest BCUT2D eigenvalue weighted by molar-refractivity contribution is 8.13. The van der Waals surface area contributed by atoms with E-state index in [9.17, 15) is 0 Å². The maximum absolute atomic E-state index is 5.14. The van der Waals surface area contributed by atoms with Crippen LogP contribution in [0.5, 0.6) is 0 Å². The number of rotatable bonds is 4. The van der Waals surface area contributed by atoms with E-state index in [1.807, 2.05) is 18.8 Å². The van der Waals surface area contributed by atoms with E-state index >= 15 is 0 Å². The number of hydrogen-bond donors (Lipinski definition) is 1. The lowest BCUT2D eigenvalue weighted by atomic mass is 9.95. The second-order valence-corrected chi connectivity index (χ2v) is 9.09. The summed E-state index contributed by atoms with van der Waals surface area (Å²) in [6.45, 7) is 0. The molecule has 0 amide bonds. The Kier molecular flexibility index (Phi) is 7.47. The lowest BCUT2D eigenvalue weighted by Crippen LogP contribution is -2.35. The molecule has 1 N–H and O–H groups in total. The summed E-state index contributed by atoms with van der Waals surface area (Å²) in [4.78, 5) is 10.6. The average molecular weight is 381 g/mol. The number of aromatic nitrogens is 1. The second-order valence-electron chi connectivity index (χ2n) is 7.29. The highest BCUT2D eigenvalue weighted by Gasteiger charge is 2.18. The molecular weight excluding hydrogens is 348 g/mol. The number of nitrogens with zero attached hydrogens (tertiary/aromatic N) is 3. The standard InChI is InChI=1S/C19H32N4S2/c1-20-19-23(2)17(14-25-19)13-24-18(21-15-9-5-3-6-10-15)22-16-11-7-4-8-12-16/h14-16H,3-13H2,1-2H3,(H,21,22). The predicted molar refractivity (Wildman–Crippen MR) is 110 cm³/mol. The van der Waals surface area contributed by atoms with Crippen LogP contribution in [0.3, 0.4) is 0 Å². The predicted octanol–water partition coefficient (Wildman–Crippen LogP) is 4.46. The average Bonchev–Trinajstić information content (AvgIpc) is 3.01. The molecule has 1 aromatic heterocycles. The first-order valence-corrected chi connectivity index (χ1v) is 11.7. The minimum atomic E-state index is 0.532. The van der Waals surface area contributed by atoms with Gasteiger partial charge in [0, 0.05) is 37.0 Å². The molecule has 140 valence electrons. The lowest BCUT2D eigenvalue weighted by molar-refractivity contribution is 0.411. The van der Waals surface area contributed by atoms with Gasteiger partial charge in [-0.25, -0.2) is 0 Å². The monoisotopic (exact) mass is 380 g/mol. The molecule has 0 atom stereocenters. The molecule has 25 heavy (non-hydrogen) atoms. The smallest absolute Gasteiger partial charge is 0.184 e. The van der Waals surface area contributed by atoms with Gasteiger partial charge in [0.25, 0.3) is 0 Å². The van der Waals surface area contributed by atoms with Crippen molar-refractivity contribution in [3.8, 4) is 0 Å². The highest BCUT2D eigenvalue weighted by Crippen LogP contribution is 2.24. The van der Waals surface area contributed by atoms with Crippen LogP contribution in [0.4, 0.5) is 0 Å². The van der Waals surface area contributed by atoms with Gasteiger partial charge >= 0.3 is 0 Å². The Morgan fingerprint density at radius 3 is 2.48 bits per heavy atom. The molecule has 2 saturated carbocycles. The van der Waals surface area contributed by atoms with Crippen molar-refractivity contribution in [2.75, 3.05) is 7.05 Å². The number of nitrogens with one attached hydrogen (secondary N) is 1. The van der Waals surface area contributed by atoms with Crippen LogP contribution in [0.15, 0.2) is 15.4 Å². The normalized spacial score (nSPS) is 21.7. The van der Waals surface area contributed by atoms with Crippen molar-refractivity contribution in [2.24, 2.45) is 17.0 Å². The summed E-state index contributed by atoms with van der Waals surface area (Å²) >= 11 is 3.60. The van der Waals surface area contributed by atoms with Gasteiger partial charge in [-0.1, -0.05) is 50.3 Å². The second kappa shape index (κ2) is 9.81. The van der Waals surface area contributed by atoms with Crippen LogP contribution in [-0.4, -0.2) is 28.9 Å². The van der Waals surface area contributed by atoms with Crippen molar-refractivity contribution in [1.82, 2.24) is 9.88 Å². The number of amidine groups is 1. The fraction of sp³-hybridized carbons (Fsp3) is 0.789. The Morgan fingerprint density at radius 2 is 1.84 bits per heavy atom. The zero-order valence-electron chi connectivity index (χ0n) is 15.7. The maximum atomic E-state index is 5.14. The van der Waals surface area contributed by atoms with Crippen LogP contribution in [0, 0.1) is 0 Å². The molecule has 2 aliphatic carbocycles. The molecule has 3 rings (SSSR count). The molecule has 0 saturated heterocycles. The van der Waals surface area contributed by atoms with Crippen LogP contribution < -0.4 is 10.1 Å². The molecule has 0 spiro atoms. The van der Waals surface area contributed by atoms with E-state index in [0.717, 1.165) is 10.6 Å². The minimum Gasteiger partial charge on any atom is -0.362 e. The molecule has 1 aromatic rings. The van der Waals surface area contributed by atoms with Gasteiger partial charge in [0.2, 0.25) is 0 Å². The Morgan fingerprint density at radius 1 is 1.16 bits per heavy atom. The van der Waals surface area contributed by atoms with Crippen molar-refractivity contribution in [1.29, 1.82) is 0 Å². The Labute approximate surface area is 160 Å². The van der Waals surface area contributed by atoms with Gasteiger partial charge in [-0.05, 0) is 25.7 Å². The fourth-order valence-electron chi connectivity index (χ4n) is 3.79. The number of thiazole rings is 1. The zero-order chi connectivity index (χ0) is 17.5. The van der Waals surface area contributed by atoms with E-state index in [4.69, 9.17) is 4.99 Å². The van der Waals surface area contributed by atoms with Crippen molar-refractivity contribution in [3.63, 3.8) is 0 Å². The van der Waals surface area contributed by atoms with Crippen LogP contribution >= 0.6 is 23.1 Å². The van der Waals surface area contributed by atoms with Gasteiger partial charge in [-0.15, -0.1) is 11.3 Å². The first-order valence-electron chi connectivity index (χ1n) is 9.79. The summed E-state index contributed by atoms with van der Waals surface area (Å²) < 4.78 is 2.20. The van der Waals surface area contributed by atoms with Crippen LogP contribution in [0.2, 0.25) is 0 Å². The van der Waals surface area contributed by atoms with Crippen molar-refractivity contribution >= 4 is 28.3 Å². The SMILES string of the molecule is CN=c1scc(CSC(=NC2CCCCC2)NC2CCCCC2)n1C. The Bertz CT molecular complexity index is 620. The van der Waals surface area contributed by atoms with Gasteiger partial charge in [0.1, 0.15) is 0 Å². The Hall–Kier alpha value is -0.750. The van der Waals surface area contributed by atoms with E-state index in [2.05, 4.69) is 27.3 Å². The van der Waals surface area contributed by atoms with Crippen LogP contribution in [-0.2, 0) is 12.8 Å². The third kappa shape index (κ3) is 5.61. The highest BCUT2D eigenvalue weighted by atomic mass is 32.2. The topological polar surface area (TPSA) is 41.7 Å². The number of hydrogen-bond acceptors (Lipinski definition) is 4. The molecule has 4 nitrogen and oxygen atoms in total. The lowest BCUT2D eigenvalue weighted by Gasteiger charge is -2.26. The van der Waals surface area contributed by atoms with E-state index in [1.54, 1.807) is 11.3 Å². The molecule has 0 aliphatic heterocycles. The third-order valence-electron chi connectivity index (χ3n) is 5.37. The van der Waals surface area contributed by atoms with Gasteiger partial charge in [0.15, 0.2) is 9.97 Å². The Balaban J connectivity index is 1.66. The van der Waals surface area contributed by atoms with Crippen molar-refractivity contribution in [3.05, 3.63) is 15.9 Å². The van der Waals surface area contributed by atoms with E-state index in [0.29, 0.717) is 12.1 Å². The van der Waals surface area contributed by atoms with E-state index in [-0.39, 0.29) is 0 Å². The molecule has 2 aliphatic rings. The minimum absolute atomic E-state index is 0.532. The van der Waals surface area contributed by atoms with Crippen LogP contribution in [0.1, 0.15) is 69.9 Å². The van der Waals surface area contributed by atoms with Crippen molar-refractivity contribution in [2.45, 2.75) is 82.0 Å².